The first-order valence-electron chi connectivity index (χ1n) is 6.46. The Hall–Kier alpha value is -2.11. The summed E-state index contributed by atoms with van der Waals surface area (Å²) in [6, 6.07) is 0. The maximum Gasteiger partial charge on any atom is 0.348 e. The van der Waals surface area contributed by atoms with Gasteiger partial charge in [0.05, 0.1) is 6.10 Å². The maximum atomic E-state index is 10.8. The summed E-state index contributed by atoms with van der Waals surface area (Å²) in [5.74, 6) is 0.692. The fraction of sp³-hybridized carbons (Fsp3) is 0.400. The van der Waals surface area contributed by atoms with E-state index in [1.165, 1.54) is 10.8 Å². The van der Waals surface area contributed by atoms with Crippen molar-refractivity contribution in [3.8, 4) is 0 Å². The number of fused-ring (bicyclic) bond motifs is 1. The predicted octanol–water partition coefficient (Wildman–Crippen LogP) is -1.27. The number of nitrogens with two attached hydrogens (primary N) is 2. The summed E-state index contributed by atoms with van der Waals surface area (Å²) in [6.45, 7) is 0. The van der Waals surface area contributed by atoms with E-state index in [2.05, 4.69) is 20.3 Å². The van der Waals surface area contributed by atoms with Crippen molar-refractivity contribution in [1.82, 2.24) is 25.0 Å². The van der Waals surface area contributed by atoms with Crippen LogP contribution < -0.4 is 11.5 Å². The minimum atomic E-state index is -4.30. The fourth-order valence-electron chi connectivity index (χ4n) is 2.27. The van der Waals surface area contributed by atoms with E-state index in [4.69, 9.17) is 26.0 Å². The third-order valence-electron chi connectivity index (χ3n) is 3.22. The Balaban J connectivity index is 1.91. The average molecular weight is 343 g/mol. The Morgan fingerprint density at radius 1 is 1.35 bits per heavy atom. The third kappa shape index (κ3) is 3.16. The lowest BCUT2D eigenvalue weighted by Gasteiger charge is -2.14. The molecule has 7 N–H and O–H groups in total. The number of aliphatic hydroxyl groups excluding tert-OH is 1. The molecule has 1 fully saturated rings. The molecule has 0 bridgehead atoms. The van der Waals surface area contributed by atoms with Crippen LogP contribution >= 0.6 is 7.60 Å². The molecule has 3 heterocycles. The fourth-order valence-corrected chi connectivity index (χ4v) is 2.69. The molecule has 23 heavy (non-hydrogen) atoms. The number of hydrogen-bond acceptors (Lipinski definition) is 9. The average Bonchev–Trinajstić information content (AvgIpc) is 2.99. The second-order valence-corrected chi connectivity index (χ2v) is 6.45. The van der Waals surface area contributed by atoms with Crippen molar-refractivity contribution in [3.05, 3.63) is 11.9 Å². The lowest BCUT2D eigenvalue weighted by atomic mass is 10.2. The Kier molecular flexibility index (Phi) is 3.78. The van der Waals surface area contributed by atoms with Crippen molar-refractivity contribution in [1.29, 1.82) is 0 Å². The van der Waals surface area contributed by atoms with Crippen LogP contribution in [0.2, 0.25) is 0 Å². The van der Waals surface area contributed by atoms with Crippen LogP contribution in [0.25, 0.3) is 11.2 Å². The molecule has 12 nitrogen and oxygen atoms in total. The van der Waals surface area contributed by atoms with E-state index in [1.807, 2.05) is 0 Å². The quantitative estimate of drug-likeness (QED) is 0.416. The molecule has 3 atom stereocenters. The number of aromatic nitrogens is 5. The van der Waals surface area contributed by atoms with Crippen LogP contribution in [0, 0.1) is 0 Å². The predicted molar refractivity (Wildman–Crippen MR) is 77.7 cm³/mol. The van der Waals surface area contributed by atoms with Crippen LogP contribution in [0.3, 0.4) is 0 Å². The molecule has 13 heteroatoms. The molecule has 0 spiro atoms. The Bertz CT molecular complexity index is 817. The van der Waals surface area contributed by atoms with E-state index in [0.717, 1.165) is 5.82 Å². The van der Waals surface area contributed by atoms with Crippen LogP contribution in [0.15, 0.2) is 11.9 Å². The van der Waals surface area contributed by atoms with E-state index < -0.39 is 26.0 Å². The summed E-state index contributed by atoms with van der Waals surface area (Å²) in [7, 11) is -4.30. The molecule has 0 aromatic carbocycles. The second-order valence-electron chi connectivity index (χ2n) is 4.97. The van der Waals surface area contributed by atoms with Crippen molar-refractivity contribution in [2.75, 3.05) is 11.5 Å². The first-order valence-corrected chi connectivity index (χ1v) is 8.15. The van der Waals surface area contributed by atoms with Crippen LogP contribution in [0.5, 0.6) is 0 Å². The van der Waals surface area contributed by atoms with E-state index in [9.17, 15) is 9.67 Å². The highest BCUT2D eigenvalue weighted by molar-refractivity contribution is 7.55. The smallest absolute Gasteiger partial charge is 0.348 e. The lowest BCUT2D eigenvalue weighted by Crippen LogP contribution is -2.21. The van der Waals surface area contributed by atoms with E-state index in [-0.39, 0.29) is 29.4 Å². The molecule has 0 radical (unpaired) electrons. The molecule has 2 aromatic heterocycles. The van der Waals surface area contributed by atoms with Crippen LogP contribution in [-0.2, 0) is 9.30 Å². The van der Waals surface area contributed by atoms with Crippen LogP contribution in [0.1, 0.15) is 12.6 Å². The van der Waals surface area contributed by atoms with E-state index in [1.54, 1.807) is 0 Å². The topological polar surface area (TPSA) is 196 Å². The molecule has 3 unspecified atom stereocenters. The summed E-state index contributed by atoms with van der Waals surface area (Å²) in [5, 5.41) is 17.8. The minimum Gasteiger partial charge on any atom is -0.388 e. The number of hydrogen-bond donors (Lipinski definition) is 5. The van der Waals surface area contributed by atoms with Gasteiger partial charge in [0.2, 0.25) is 5.95 Å². The van der Waals surface area contributed by atoms with Gasteiger partial charge in [0.1, 0.15) is 6.10 Å². The van der Waals surface area contributed by atoms with Gasteiger partial charge in [-0.2, -0.15) is 14.6 Å². The molecule has 0 saturated carbocycles. The Morgan fingerprint density at radius 3 is 2.78 bits per heavy atom. The monoisotopic (exact) mass is 343 g/mol. The van der Waals surface area contributed by atoms with Gasteiger partial charge >= 0.3 is 7.60 Å². The minimum absolute atomic E-state index is 0.0455. The largest absolute Gasteiger partial charge is 0.388 e. The van der Waals surface area contributed by atoms with Crippen LogP contribution in [-0.4, -0.2) is 52.1 Å². The molecule has 1 saturated heterocycles. The zero-order chi connectivity index (χ0) is 16.8. The molecule has 1 aliphatic heterocycles. The molecular weight excluding hydrogens is 329 g/mol. The van der Waals surface area contributed by atoms with Crippen molar-refractivity contribution in [2.45, 2.75) is 24.9 Å². The molecular formula is C10H14N7O5P. The first-order chi connectivity index (χ1) is 10.7. The highest BCUT2D eigenvalue weighted by Gasteiger charge is 2.36. The summed E-state index contributed by atoms with van der Waals surface area (Å²) in [5.41, 5.74) is 11.6. The number of anilines is 2. The van der Waals surface area contributed by atoms with Gasteiger partial charge in [-0.05, 0) is 6.08 Å². The number of nitrogen functional groups attached to an aromatic ring is 2. The third-order valence-corrected chi connectivity index (χ3v) is 3.78. The van der Waals surface area contributed by atoms with Crippen molar-refractivity contribution in [3.63, 3.8) is 0 Å². The van der Waals surface area contributed by atoms with Gasteiger partial charge in [-0.1, -0.05) is 5.21 Å². The van der Waals surface area contributed by atoms with Crippen molar-refractivity contribution < 1.29 is 24.2 Å². The lowest BCUT2D eigenvalue weighted by molar-refractivity contribution is -0.0313. The van der Waals surface area contributed by atoms with Gasteiger partial charge in [0, 0.05) is 12.2 Å². The van der Waals surface area contributed by atoms with Crippen LogP contribution in [0.4, 0.5) is 11.8 Å². The van der Waals surface area contributed by atoms with Gasteiger partial charge in [0.25, 0.3) is 0 Å². The summed E-state index contributed by atoms with van der Waals surface area (Å²) in [4.78, 5) is 25.4. The molecule has 124 valence electrons. The summed E-state index contributed by atoms with van der Waals surface area (Å²) in [6.07, 6.45) is -1.30. The summed E-state index contributed by atoms with van der Waals surface area (Å²) < 4.78 is 17.6. The summed E-state index contributed by atoms with van der Waals surface area (Å²) >= 11 is 0. The Labute approximate surface area is 128 Å². The first kappa shape index (κ1) is 15.8. The number of ether oxygens (including phenoxy) is 1. The zero-order valence-electron chi connectivity index (χ0n) is 11.6. The molecule has 3 rings (SSSR count). The number of nitrogens with zero attached hydrogens (tertiary/aromatic N) is 5. The number of aliphatic hydroxyl groups is 1. The van der Waals surface area contributed by atoms with Gasteiger partial charge < -0.3 is 31.1 Å². The molecule has 0 amide bonds. The molecule has 1 aliphatic rings. The zero-order valence-corrected chi connectivity index (χ0v) is 12.5. The van der Waals surface area contributed by atoms with Gasteiger partial charge in [-0.3, -0.25) is 4.57 Å². The van der Waals surface area contributed by atoms with Gasteiger partial charge in [-0.15, -0.1) is 5.10 Å². The second kappa shape index (κ2) is 5.51. The van der Waals surface area contributed by atoms with Gasteiger partial charge in [-0.25, -0.2) is 0 Å². The molecule has 0 aliphatic carbocycles. The normalized spacial score (nSPS) is 25.6. The highest BCUT2D eigenvalue weighted by atomic mass is 31.2. The van der Waals surface area contributed by atoms with E-state index >= 15 is 0 Å². The van der Waals surface area contributed by atoms with Crippen molar-refractivity contribution in [2.24, 2.45) is 0 Å². The SMILES string of the molecule is Nc1nc(N)c2nnn(C3OC(/C=C/P(=O)(O)O)CC3O)c2n1. The maximum absolute atomic E-state index is 10.8. The van der Waals surface area contributed by atoms with Gasteiger partial charge in [0.15, 0.2) is 23.2 Å². The number of rotatable bonds is 3. The Morgan fingerprint density at radius 2 is 2.09 bits per heavy atom. The highest BCUT2D eigenvalue weighted by Crippen LogP contribution is 2.38. The van der Waals surface area contributed by atoms with Crippen molar-refractivity contribution >= 4 is 30.5 Å². The van der Waals surface area contributed by atoms with E-state index in [0.29, 0.717) is 0 Å². The molecule has 2 aromatic rings. The standard InChI is InChI=1S/C10H14N7O5P/c11-7-6-8(14-10(12)13-7)17(16-15-6)9-5(18)3-4(22-9)1-2-23(19,20)21/h1-2,4-5,9,18H,3H2,(H2,19,20,21)(H4,11,12,13,14)/b2-1+.